The minimum atomic E-state index is -0.502. The van der Waals surface area contributed by atoms with Gasteiger partial charge in [-0.05, 0) is 37.6 Å². The quantitative estimate of drug-likeness (QED) is 0.374. The molecule has 4 rings (SSSR count). The molecular formula is C21H25F2IN4O2. The second kappa shape index (κ2) is 9.76. The molecule has 2 fully saturated rings. The molecule has 1 saturated carbocycles. The van der Waals surface area contributed by atoms with Crippen LogP contribution in [0.1, 0.15) is 35.4 Å². The number of rotatable bonds is 4. The Morgan fingerprint density at radius 1 is 1.13 bits per heavy atom. The number of furan rings is 1. The zero-order chi connectivity index (χ0) is 20.4. The maximum Gasteiger partial charge on any atom is 0.289 e. The van der Waals surface area contributed by atoms with Crippen molar-refractivity contribution < 1.29 is 18.0 Å². The van der Waals surface area contributed by atoms with Gasteiger partial charge in [-0.3, -0.25) is 9.79 Å². The molecule has 1 aliphatic heterocycles. The minimum Gasteiger partial charge on any atom is -0.459 e. The summed E-state index contributed by atoms with van der Waals surface area (Å²) in [5.74, 6) is -0.251. The Morgan fingerprint density at radius 3 is 2.40 bits per heavy atom. The van der Waals surface area contributed by atoms with E-state index in [-0.39, 0.29) is 47.4 Å². The van der Waals surface area contributed by atoms with Gasteiger partial charge < -0.3 is 19.5 Å². The summed E-state index contributed by atoms with van der Waals surface area (Å²) in [5.41, 5.74) is 0.148. The van der Waals surface area contributed by atoms with Gasteiger partial charge in [0.2, 0.25) is 0 Å². The SMILES string of the molecule is CCN=C(NC1CC1c1c(F)cccc1F)N1CCN(C(=O)c2ccco2)CC1.I. The molecule has 2 aliphatic rings. The first-order valence-electron chi connectivity index (χ1n) is 9.91. The molecule has 0 bridgehead atoms. The molecule has 2 aromatic rings. The lowest BCUT2D eigenvalue weighted by molar-refractivity contribution is 0.0657. The molecule has 2 unspecified atom stereocenters. The Bertz CT molecular complexity index is 878. The molecule has 1 amide bonds. The summed E-state index contributed by atoms with van der Waals surface area (Å²) in [6, 6.07) is 7.29. The van der Waals surface area contributed by atoms with E-state index in [2.05, 4.69) is 15.2 Å². The number of guanidine groups is 1. The highest BCUT2D eigenvalue weighted by Gasteiger charge is 2.43. The van der Waals surface area contributed by atoms with Gasteiger partial charge in [-0.15, -0.1) is 24.0 Å². The summed E-state index contributed by atoms with van der Waals surface area (Å²) in [4.78, 5) is 20.8. The molecule has 162 valence electrons. The molecular weight excluding hydrogens is 505 g/mol. The molecule has 1 saturated heterocycles. The maximum absolute atomic E-state index is 14.0. The second-order valence-corrected chi connectivity index (χ2v) is 7.28. The number of halogens is 3. The first-order valence-corrected chi connectivity index (χ1v) is 9.91. The Hall–Kier alpha value is -2.17. The van der Waals surface area contributed by atoms with E-state index in [9.17, 15) is 13.6 Å². The molecule has 0 radical (unpaired) electrons. The number of benzene rings is 1. The van der Waals surface area contributed by atoms with Crippen LogP contribution >= 0.6 is 24.0 Å². The van der Waals surface area contributed by atoms with Gasteiger partial charge >= 0.3 is 0 Å². The number of amides is 1. The molecule has 1 aromatic carbocycles. The Morgan fingerprint density at radius 2 is 1.80 bits per heavy atom. The van der Waals surface area contributed by atoms with E-state index in [1.807, 2.05) is 6.92 Å². The molecule has 2 atom stereocenters. The highest BCUT2D eigenvalue weighted by atomic mass is 127. The molecule has 9 heteroatoms. The monoisotopic (exact) mass is 530 g/mol. The maximum atomic E-state index is 14.0. The van der Waals surface area contributed by atoms with E-state index in [4.69, 9.17) is 4.42 Å². The molecule has 6 nitrogen and oxygen atoms in total. The molecule has 30 heavy (non-hydrogen) atoms. The minimum absolute atomic E-state index is 0. The Kier molecular flexibility index (Phi) is 7.32. The van der Waals surface area contributed by atoms with Crippen molar-refractivity contribution in [2.45, 2.75) is 25.3 Å². The third-order valence-corrected chi connectivity index (χ3v) is 5.38. The van der Waals surface area contributed by atoms with Crippen LogP contribution in [0.3, 0.4) is 0 Å². The number of piperazine rings is 1. The lowest BCUT2D eigenvalue weighted by Gasteiger charge is -2.36. The van der Waals surface area contributed by atoms with Crippen LogP contribution in [0.25, 0.3) is 0 Å². The number of nitrogens with zero attached hydrogens (tertiary/aromatic N) is 3. The second-order valence-electron chi connectivity index (χ2n) is 7.28. The number of carbonyl (C=O) groups is 1. The zero-order valence-corrected chi connectivity index (χ0v) is 19.0. The smallest absolute Gasteiger partial charge is 0.289 e. The molecule has 1 aliphatic carbocycles. The Labute approximate surface area is 191 Å². The largest absolute Gasteiger partial charge is 0.459 e. The predicted molar refractivity (Wildman–Crippen MR) is 120 cm³/mol. The van der Waals surface area contributed by atoms with Crippen LogP contribution in [0.4, 0.5) is 8.78 Å². The van der Waals surface area contributed by atoms with Gasteiger partial charge in [0.15, 0.2) is 11.7 Å². The van der Waals surface area contributed by atoms with Gasteiger partial charge in [0, 0.05) is 50.2 Å². The fraction of sp³-hybridized carbons (Fsp3) is 0.429. The molecule has 0 spiro atoms. The molecule has 1 N–H and O–H groups in total. The van der Waals surface area contributed by atoms with E-state index >= 15 is 0 Å². The van der Waals surface area contributed by atoms with E-state index in [1.165, 1.54) is 24.5 Å². The van der Waals surface area contributed by atoms with Crippen LogP contribution < -0.4 is 5.32 Å². The number of nitrogens with one attached hydrogen (secondary N) is 1. The Balaban J connectivity index is 0.00000256. The first-order chi connectivity index (χ1) is 14.1. The topological polar surface area (TPSA) is 61.1 Å². The number of aliphatic imine (C=N–C) groups is 1. The van der Waals surface area contributed by atoms with Crippen LogP contribution in [-0.2, 0) is 0 Å². The zero-order valence-electron chi connectivity index (χ0n) is 16.7. The summed E-state index contributed by atoms with van der Waals surface area (Å²) >= 11 is 0. The highest BCUT2D eigenvalue weighted by molar-refractivity contribution is 14.0. The van der Waals surface area contributed by atoms with Crippen LogP contribution in [0.15, 0.2) is 46.0 Å². The van der Waals surface area contributed by atoms with E-state index < -0.39 is 11.6 Å². The lowest BCUT2D eigenvalue weighted by Crippen LogP contribution is -2.54. The average Bonchev–Trinajstić information content (AvgIpc) is 3.24. The van der Waals surface area contributed by atoms with E-state index in [0.29, 0.717) is 44.9 Å². The molecule has 1 aromatic heterocycles. The van der Waals surface area contributed by atoms with Crippen molar-refractivity contribution in [3.05, 3.63) is 59.6 Å². The van der Waals surface area contributed by atoms with Gasteiger partial charge in [-0.2, -0.15) is 0 Å². The molecule has 2 heterocycles. The predicted octanol–water partition coefficient (Wildman–Crippen LogP) is 3.46. The van der Waals surface area contributed by atoms with E-state index in [0.717, 1.165) is 5.96 Å². The van der Waals surface area contributed by atoms with Crippen LogP contribution in [-0.4, -0.2) is 60.4 Å². The van der Waals surface area contributed by atoms with Crippen molar-refractivity contribution in [2.24, 2.45) is 4.99 Å². The van der Waals surface area contributed by atoms with Crippen molar-refractivity contribution >= 4 is 35.8 Å². The number of carbonyl (C=O) groups excluding carboxylic acids is 1. The fourth-order valence-corrected chi connectivity index (χ4v) is 3.77. The summed E-state index contributed by atoms with van der Waals surface area (Å²) in [5, 5.41) is 3.36. The number of hydrogen-bond acceptors (Lipinski definition) is 3. The fourth-order valence-electron chi connectivity index (χ4n) is 3.77. The van der Waals surface area contributed by atoms with Gasteiger partial charge in [0.1, 0.15) is 11.6 Å². The number of hydrogen-bond donors (Lipinski definition) is 1. The van der Waals surface area contributed by atoms with Crippen molar-refractivity contribution in [1.82, 2.24) is 15.1 Å². The van der Waals surface area contributed by atoms with Gasteiger partial charge in [0.05, 0.1) is 6.26 Å². The summed E-state index contributed by atoms with van der Waals surface area (Å²) in [6.45, 7) is 4.91. The highest BCUT2D eigenvalue weighted by Crippen LogP contribution is 2.43. The third-order valence-electron chi connectivity index (χ3n) is 5.38. The van der Waals surface area contributed by atoms with E-state index in [1.54, 1.807) is 17.0 Å². The average molecular weight is 530 g/mol. The summed E-state index contributed by atoms with van der Waals surface area (Å²) in [7, 11) is 0. The van der Waals surface area contributed by atoms with Crippen LogP contribution in [0.5, 0.6) is 0 Å². The van der Waals surface area contributed by atoms with Gasteiger partial charge in [-0.25, -0.2) is 8.78 Å². The van der Waals surface area contributed by atoms with Crippen molar-refractivity contribution in [3.8, 4) is 0 Å². The van der Waals surface area contributed by atoms with Crippen molar-refractivity contribution in [3.63, 3.8) is 0 Å². The van der Waals surface area contributed by atoms with Crippen LogP contribution in [0.2, 0.25) is 0 Å². The summed E-state index contributed by atoms with van der Waals surface area (Å²) in [6.07, 6.45) is 2.15. The van der Waals surface area contributed by atoms with Gasteiger partial charge in [-0.1, -0.05) is 6.07 Å². The summed E-state index contributed by atoms with van der Waals surface area (Å²) < 4.78 is 33.3. The van der Waals surface area contributed by atoms with Crippen molar-refractivity contribution in [1.29, 1.82) is 0 Å². The van der Waals surface area contributed by atoms with Gasteiger partial charge in [0.25, 0.3) is 5.91 Å². The van der Waals surface area contributed by atoms with Crippen LogP contribution in [0, 0.1) is 11.6 Å². The van der Waals surface area contributed by atoms with Crippen molar-refractivity contribution in [2.75, 3.05) is 32.7 Å². The normalized spacial score (nSPS) is 21.2. The standard InChI is InChI=1S/C21H24F2N4O2.HI/c1-2-24-21(25-17-13-14(17)19-15(22)5-3-6-16(19)23)27-10-8-26(9-11-27)20(28)18-7-4-12-29-18;/h3-7,12,14,17H,2,8-11,13H2,1H3,(H,24,25);1H. The third kappa shape index (κ3) is 4.76. The first kappa shape index (κ1) is 22.5. The lowest BCUT2D eigenvalue weighted by atomic mass is 10.1.